The van der Waals surface area contributed by atoms with Crippen molar-refractivity contribution in [3.05, 3.63) is 34.4 Å². The van der Waals surface area contributed by atoms with E-state index >= 15 is 0 Å². The summed E-state index contributed by atoms with van der Waals surface area (Å²) in [5.74, 6) is -0.639. The van der Waals surface area contributed by atoms with Gasteiger partial charge in [0.25, 0.3) is 5.69 Å². The van der Waals surface area contributed by atoms with E-state index in [1.165, 1.54) is 7.05 Å². The normalized spacial score (nSPS) is 11.7. The second-order valence-electron chi connectivity index (χ2n) is 5.72. The van der Waals surface area contributed by atoms with Crippen molar-refractivity contribution in [2.75, 3.05) is 13.8 Å². The number of carbonyl (C=O) groups is 1. The summed E-state index contributed by atoms with van der Waals surface area (Å²) in [6.45, 7) is 3.55. The van der Waals surface area contributed by atoms with Crippen LogP contribution in [0.25, 0.3) is 0 Å². The molecule has 1 rings (SSSR count). The van der Waals surface area contributed by atoms with Gasteiger partial charge in [-0.05, 0) is 25.0 Å². The third kappa shape index (κ3) is 5.79. The number of rotatable bonds is 10. The highest BCUT2D eigenvalue weighted by Crippen LogP contribution is 2.20. The molecule has 8 nitrogen and oxygen atoms in total. The zero-order chi connectivity index (χ0) is 19.0. The molecule has 0 atom stereocenters. The van der Waals surface area contributed by atoms with E-state index in [1.54, 1.807) is 0 Å². The maximum atomic E-state index is 12.4. The molecule has 0 heterocycles. The van der Waals surface area contributed by atoms with E-state index in [2.05, 4.69) is 0 Å². The lowest BCUT2D eigenvalue weighted by molar-refractivity contribution is -0.384. The highest BCUT2D eigenvalue weighted by molar-refractivity contribution is 7.89. The Labute approximate surface area is 148 Å². The summed E-state index contributed by atoms with van der Waals surface area (Å²) >= 11 is 0. The number of non-ortho nitro benzene ring substituents is 1. The molecule has 0 N–H and O–H groups in total. The molecule has 0 amide bonds. The molecule has 0 aliphatic heterocycles. The number of hydrogen-bond donors (Lipinski definition) is 0. The molecule has 0 bridgehead atoms. The number of ether oxygens (including phenoxy) is 1. The maximum Gasteiger partial charge on any atom is 0.310 e. The van der Waals surface area contributed by atoms with Gasteiger partial charge in [-0.1, -0.05) is 26.7 Å². The van der Waals surface area contributed by atoms with E-state index < -0.39 is 27.6 Å². The zero-order valence-electron chi connectivity index (χ0n) is 14.7. The van der Waals surface area contributed by atoms with Gasteiger partial charge in [0, 0.05) is 19.2 Å². The first-order valence-corrected chi connectivity index (χ1v) is 9.55. The van der Waals surface area contributed by atoms with Crippen molar-refractivity contribution in [3.8, 4) is 0 Å². The van der Waals surface area contributed by atoms with Crippen LogP contribution < -0.4 is 0 Å². The summed E-state index contributed by atoms with van der Waals surface area (Å²) in [7, 11) is -2.60. The van der Waals surface area contributed by atoms with Crippen LogP contribution in [0.15, 0.2) is 29.2 Å². The first-order chi connectivity index (χ1) is 11.7. The number of hydrogen-bond acceptors (Lipinski definition) is 6. The maximum absolute atomic E-state index is 12.4. The van der Waals surface area contributed by atoms with E-state index in [1.807, 2.05) is 13.8 Å². The van der Waals surface area contributed by atoms with Crippen molar-refractivity contribution in [1.29, 1.82) is 0 Å². The van der Waals surface area contributed by atoms with Gasteiger partial charge in [-0.3, -0.25) is 14.9 Å². The summed E-state index contributed by atoms with van der Waals surface area (Å²) in [6, 6.07) is 4.54. The number of sulfonamides is 1. The van der Waals surface area contributed by atoms with Crippen molar-refractivity contribution in [1.82, 2.24) is 4.31 Å². The lowest BCUT2D eigenvalue weighted by Crippen LogP contribution is -2.32. The number of nitrogens with zero attached hydrogens (tertiary/aromatic N) is 2. The summed E-state index contributed by atoms with van der Waals surface area (Å²) in [5.41, 5.74) is -0.199. The number of benzene rings is 1. The summed E-state index contributed by atoms with van der Waals surface area (Å²) < 4.78 is 30.9. The number of nitro groups is 1. The van der Waals surface area contributed by atoms with Crippen LogP contribution in [0.4, 0.5) is 5.69 Å². The highest BCUT2D eigenvalue weighted by Gasteiger charge is 2.24. The van der Waals surface area contributed by atoms with Crippen LogP contribution in [0.1, 0.15) is 39.5 Å². The molecule has 0 aliphatic carbocycles. The van der Waals surface area contributed by atoms with Crippen LogP contribution >= 0.6 is 0 Å². The molecule has 25 heavy (non-hydrogen) atoms. The lowest BCUT2D eigenvalue weighted by atomic mass is 9.99. The first-order valence-electron chi connectivity index (χ1n) is 8.11. The molecule has 0 fully saturated rings. The summed E-state index contributed by atoms with van der Waals surface area (Å²) in [6.07, 6.45) is 3.09. The number of carbonyl (C=O) groups excluding carboxylic acids is 1. The van der Waals surface area contributed by atoms with E-state index in [-0.39, 0.29) is 16.5 Å². The molecule has 0 unspecified atom stereocenters. The fourth-order valence-electron chi connectivity index (χ4n) is 2.34. The Balaban J connectivity index is 2.75. The molecule has 0 aromatic heterocycles. The molecular formula is C16H24N2O6S. The van der Waals surface area contributed by atoms with Crippen LogP contribution in [0.2, 0.25) is 0 Å². The van der Waals surface area contributed by atoms with Gasteiger partial charge in [0.2, 0.25) is 10.0 Å². The average molecular weight is 372 g/mol. The lowest BCUT2D eigenvalue weighted by Gasteiger charge is -2.19. The van der Waals surface area contributed by atoms with Crippen molar-refractivity contribution < 1.29 is 22.9 Å². The van der Waals surface area contributed by atoms with E-state index in [4.69, 9.17) is 4.74 Å². The molecule has 9 heteroatoms. The van der Waals surface area contributed by atoms with Crippen molar-refractivity contribution in [2.45, 2.75) is 44.4 Å². The van der Waals surface area contributed by atoms with Gasteiger partial charge in [-0.2, -0.15) is 4.31 Å². The third-order valence-electron chi connectivity index (χ3n) is 3.75. The molecule has 0 saturated carbocycles. The van der Waals surface area contributed by atoms with Gasteiger partial charge in [0.05, 0.1) is 15.7 Å². The van der Waals surface area contributed by atoms with Crippen molar-refractivity contribution in [3.63, 3.8) is 0 Å². The van der Waals surface area contributed by atoms with Crippen molar-refractivity contribution >= 4 is 21.7 Å². The van der Waals surface area contributed by atoms with Crippen molar-refractivity contribution in [2.24, 2.45) is 5.92 Å². The Kier molecular flexibility index (Phi) is 7.98. The fourth-order valence-corrected chi connectivity index (χ4v) is 3.37. The Morgan fingerprint density at radius 3 is 2.16 bits per heavy atom. The standard InChI is InChI=1S/C16H24N2O6S/c1-4-6-13(7-5-2)16(19)24-12-17(3)25(22,23)15-10-8-14(9-11-15)18(20)21/h8-11,13H,4-7,12H2,1-3H3. The molecular weight excluding hydrogens is 348 g/mol. The van der Waals surface area contributed by atoms with Crippen LogP contribution in [0, 0.1) is 16.0 Å². The molecule has 0 aliphatic rings. The number of esters is 1. The fraction of sp³-hybridized carbons (Fsp3) is 0.562. The second-order valence-corrected chi connectivity index (χ2v) is 7.77. The first kappa shape index (κ1) is 21.0. The van der Waals surface area contributed by atoms with Gasteiger partial charge in [0.15, 0.2) is 6.73 Å². The summed E-state index contributed by atoms with van der Waals surface area (Å²) in [4.78, 5) is 22.0. The highest BCUT2D eigenvalue weighted by atomic mass is 32.2. The Bertz CT molecular complexity index is 681. The molecule has 1 aromatic carbocycles. The molecule has 1 aromatic rings. The van der Waals surface area contributed by atoms with Gasteiger partial charge in [0.1, 0.15) is 0 Å². The topological polar surface area (TPSA) is 107 Å². The van der Waals surface area contributed by atoms with Crippen LogP contribution in [0.5, 0.6) is 0 Å². The molecule has 140 valence electrons. The summed E-state index contributed by atoms with van der Waals surface area (Å²) in [5, 5.41) is 10.6. The van der Waals surface area contributed by atoms with Crippen LogP contribution in [-0.4, -0.2) is 37.4 Å². The minimum absolute atomic E-state index is 0.102. The van der Waals surface area contributed by atoms with E-state index in [0.717, 1.165) is 41.4 Å². The predicted octanol–water partition coefficient (Wildman–Crippen LogP) is 2.93. The van der Waals surface area contributed by atoms with E-state index in [9.17, 15) is 23.3 Å². The van der Waals surface area contributed by atoms with E-state index in [0.29, 0.717) is 12.8 Å². The SMILES string of the molecule is CCCC(CCC)C(=O)OCN(C)S(=O)(=O)c1ccc([N+](=O)[O-])cc1. The van der Waals surface area contributed by atoms with Crippen LogP contribution in [-0.2, 0) is 19.6 Å². The zero-order valence-corrected chi connectivity index (χ0v) is 15.5. The Morgan fingerprint density at radius 1 is 1.20 bits per heavy atom. The van der Waals surface area contributed by atoms with Gasteiger partial charge < -0.3 is 4.74 Å². The smallest absolute Gasteiger partial charge is 0.310 e. The monoisotopic (exact) mass is 372 g/mol. The predicted molar refractivity (Wildman–Crippen MR) is 92.3 cm³/mol. The molecule has 0 radical (unpaired) electrons. The Hall–Kier alpha value is -2.00. The third-order valence-corrected chi connectivity index (χ3v) is 5.55. The Morgan fingerprint density at radius 2 is 1.72 bits per heavy atom. The van der Waals surface area contributed by atoms with Gasteiger partial charge >= 0.3 is 5.97 Å². The minimum Gasteiger partial charge on any atom is -0.448 e. The number of nitro benzene ring substituents is 1. The molecule has 0 spiro atoms. The largest absolute Gasteiger partial charge is 0.448 e. The van der Waals surface area contributed by atoms with Gasteiger partial charge in [-0.15, -0.1) is 0 Å². The van der Waals surface area contributed by atoms with Gasteiger partial charge in [-0.25, -0.2) is 8.42 Å². The quantitative estimate of drug-likeness (QED) is 0.270. The second kappa shape index (κ2) is 9.47. The minimum atomic E-state index is -3.89. The average Bonchev–Trinajstić information content (AvgIpc) is 2.59. The van der Waals surface area contributed by atoms with Crippen LogP contribution in [0.3, 0.4) is 0 Å². The molecule has 0 saturated heterocycles.